The van der Waals surface area contributed by atoms with E-state index in [9.17, 15) is 5.11 Å². The number of nitrogens with zero attached hydrogens (tertiary/aromatic N) is 5. The molecule has 1 aromatic heterocycles. The fourth-order valence-corrected chi connectivity index (χ4v) is 5.49. The zero-order chi connectivity index (χ0) is 28.1. The summed E-state index contributed by atoms with van der Waals surface area (Å²) in [5.41, 5.74) is 7.14. The van der Waals surface area contributed by atoms with Crippen LogP contribution in [0.15, 0.2) is 107 Å². The first-order chi connectivity index (χ1) is 20.0. The molecule has 2 N–H and O–H groups in total. The number of aromatic nitrogens is 2. The van der Waals surface area contributed by atoms with Gasteiger partial charge in [0.05, 0.1) is 35.9 Å². The topological polar surface area (TPSA) is 87.3 Å². The van der Waals surface area contributed by atoms with E-state index in [0.29, 0.717) is 17.5 Å². The molecule has 0 radical (unpaired) electrons. The van der Waals surface area contributed by atoms with Gasteiger partial charge in [0.2, 0.25) is 0 Å². The zero-order valence-corrected chi connectivity index (χ0v) is 22.9. The lowest BCUT2D eigenvalue weighted by Gasteiger charge is -2.40. The highest BCUT2D eigenvalue weighted by atomic mass is 16.5. The third kappa shape index (κ3) is 4.12. The smallest absolute Gasteiger partial charge is 0.179 e. The molecule has 4 aromatic carbocycles. The molecule has 2 aliphatic rings. The quantitative estimate of drug-likeness (QED) is 0.256. The molecular weight excluding hydrogens is 512 g/mol. The van der Waals surface area contributed by atoms with Gasteiger partial charge >= 0.3 is 0 Å². The van der Waals surface area contributed by atoms with Crippen LogP contribution in [-0.4, -0.2) is 33.7 Å². The summed E-state index contributed by atoms with van der Waals surface area (Å²) in [5, 5.41) is 19.6. The van der Waals surface area contributed by atoms with Gasteiger partial charge in [0, 0.05) is 16.8 Å². The van der Waals surface area contributed by atoms with Gasteiger partial charge in [-0.2, -0.15) is 5.10 Å². The Bertz CT molecular complexity index is 1840. The molecule has 0 unspecified atom stereocenters. The van der Waals surface area contributed by atoms with Crippen molar-refractivity contribution in [3.63, 3.8) is 0 Å². The highest BCUT2D eigenvalue weighted by Gasteiger charge is 2.42. The number of methoxy groups -OCH3 is 1. The fraction of sp³-hybridized carbons (Fsp3) is 0.121. The number of hydrogen-bond donors (Lipinski definition) is 2. The Labute approximate surface area is 237 Å². The summed E-state index contributed by atoms with van der Waals surface area (Å²) in [7, 11) is 1.65. The summed E-state index contributed by atoms with van der Waals surface area (Å²) in [6.07, 6.45) is 0. The molecule has 7 rings (SSSR count). The van der Waals surface area contributed by atoms with Crippen molar-refractivity contribution in [1.29, 1.82) is 0 Å². The van der Waals surface area contributed by atoms with Crippen LogP contribution in [0.4, 0.5) is 22.9 Å². The second kappa shape index (κ2) is 9.67. The number of amidine groups is 2. The first-order valence-electron chi connectivity index (χ1n) is 13.4. The van der Waals surface area contributed by atoms with E-state index in [1.165, 1.54) is 0 Å². The molecule has 5 aromatic rings. The minimum Gasteiger partial charge on any atom is -0.508 e. The molecule has 0 fully saturated rings. The Morgan fingerprint density at radius 1 is 0.829 bits per heavy atom. The lowest BCUT2D eigenvalue weighted by Crippen LogP contribution is -2.46. The SMILES string of the molecule is COc1ccc(NC2=Nc3ccccc3N3C2=Nc2c(c(C)nn2-c2ccc(C)cc2)[C@H]3c2ccccc2O)cc1. The minimum absolute atomic E-state index is 0.205. The molecule has 2 aliphatic heterocycles. The summed E-state index contributed by atoms with van der Waals surface area (Å²) >= 11 is 0. The van der Waals surface area contributed by atoms with E-state index in [-0.39, 0.29) is 5.75 Å². The molecule has 202 valence electrons. The van der Waals surface area contributed by atoms with Crippen LogP contribution in [0.1, 0.15) is 28.4 Å². The number of benzene rings is 4. The Balaban J connectivity index is 1.48. The lowest BCUT2D eigenvalue weighted by atomic mass is 9.92. The number of hydrogen-bond acceptors (Lipinski definition) is 7. The standard InChI is InChI=1S/C33H28N6O2/c1-20-12-16-23(17-13-20)39-32-29(21(2)37-39)30(25-8-4-7-11-28(25)40)38-27-10-6-5-9-26(27)35-31(33(38)36-32)34-22-14-18-24(41-3)19-15-22/h4-19,30,40H,1-3H3,(H,34,35)/t30-/m1/s1. The number of rotatable bonds is 4. The number of anilines is 2. The number of aryl methyl sites for hydroxylation is 2. The van der Waals surface area contributed by atoms with Crippen molar-refractivity contribution in [2.45, 2.75) is 19.9 Å². The Morgan fingerprint density at radius 3 is 2.32 bits per heavy atom. The molecule has 0 bridgehead atoms. The maximum atomic E-state index is 11.2. The number of aliphatic imine (C=N–C) groups is 2. The number of ether oxygens (including phenoxy) is 1. The molecule has 0 amide bonds. The molecular formula is C33H28N6O2. The first-order valence-corrected chi connectivity index (χ1v) is 13.4. The van der Waals surface area contributed by atoms with E-state index < -0.39 is 6.04 Å². The van der Waals surface area contributed by atoms with Crippen LogP contribution < -0.4 is 15.0 Å². The van der Waals surface area contributed by atoms with Gasteiger partial charge in [-0.3, -0.25) is 0 Å². The van der Waals surface area contributed by atoms with Gasteiger partial charge in [-0.05, 0) is 68.4 Å². The van der Waals surface area contributed by atoms with Gasteiger partial charge in [0.25, 0.3) is 0 Å². The van der Waals surface area contributed by atoms with E-state index in [4.69, 9.17) is 19.8 Å². The van der Waals surface area contributed by atoms with E-state index in [0.717, 1.165) is 50.9 Å². The Hall–Kier alpha value is -5.37. The number of nitrogens with one attached hydrogen (secondary N) is 1. The second-order valence-corrected chi connectivity index (χ2v) is 10.1. The maximum absolute atomic E-state index is 11.2. The van der Waals surface area contributed by atoms with Gasteiger partial charge in [-0.25, -0.2) is 14.7 Å². The highest BCUT2D eigenvalue weighted by Crippen LogP contribution is 2.49. The van der Waals surface area contributed by atoms with E-state index in [1.54, 1.807) is 13.2 Å². The molecule has 0 saturated heterocycles. The monoisotopic (exact) mass is 540 g/mol. The number of fused-ring (bicyclic) bond motifs is 4. The lowest BCUT2D eigenvalue weighted by molar-refractivity contribution is 0.415. The van der Waals surface area contributed by atoms with Crippen molar-refractivity contribution in [1.82, 2.24) is 9.78 Å². The Kier molecular flexibility index (Phi) is 5.82. The van der Waals surface area contributed by atoms with E-state index in [2.05, 4.69) is 29.3 Å². The van der Waals surface area contributed by atoms with Crippen molar-refractivity contribution < 1.29 is 9.84 Å². The predicted octanol–water partition coefficient (Wildman–Crippen LogP) is 7.00. The maximum Gasteiger partial charge on any atom is 0.179 e. The van der Waals surface area contributed by atoms with Crippen LogP contribution >= 0.6 is 0 Å². The number of para-hydroxylation sites is 3. The third-order valence-electron chi connectivity index (χ3n) is 7.50. The van der Waals surface area contributed by atoms with E-state index in [1.807, 2.05) is 90.5 Å². The van der Waals surface area contributed by atoms with Gasteiger partial charge in [-0.15, -0.1) is 0 Å². The van der Waals surface area contributed by atoms with Crippen molar-refractivity contribution in [2.24, 2.45) is 9.98 Å². The van der Waals surface area contributed by atoms with Gasteiger partial charge in [-0.1, -0.05) is 48.0 Å². The van der Waals surface area contributed by atoms with Crippen LogP contribution in [0.2, 0.25) is 0 Å². The molecule has 8 heteroatoms. The first kappa shape index (κ1) is 24.7. The Morgan fingerprint density at radius 2 is 1.56 bits per heavy atom. The molecule has 0 aliphatic carbocycles. The third-order valence-corrected chi connectivity index (χ3v) is 7.50. The van der Waals surface area contributed by atoms with Crippen molar-refractivity contribution in [2.75, 3.05) is 17.3 Å². The van der Waals surface area contributed by atoms with Crippen molar-refractivity contribution in [3.05, 3.63) is 119 Å². The van der Waals surface area contributed by atoms with Crippen molar-refractivity contribution in [3.8, 4) is 17.2 Å². The van der Waals surface area contributed by atoms with Crippen LogP contribution in [-0.2, 0) is 0 Å². The zero-order valence-electron chi connectivity index (χ0n) is 22.9. The molecule has 3 heterocycles. The summed E-state index contributed by atoms with van der Waals surface area (Å²) < 4.78 is 7.23. The minimum atomic E-state index is -0.401. The van der Waals surface area contributed by atoms with Gasteiger partial charge in [0.1, 0.15) is 11.5 Å². The largest absolute Gasteiger partial charge is 0.508 e. The average molecular weight is 541 g/mol. The molecule has 1 atom stereocenters. The van der Waals surface area contributed by atoms with Crippen LogP contribution in [0.5, 0.6) is 11.5 Å². The highest BCUT2D eigenvalue weighted by molar-refractivity contribution is 6.51. The normalized spacial score (nSPS) is 15.3. The average Bonchev–Trinajstić information content (AvgIpc) is 3.33. The molecule has 8 nitrogen and oxygen atoms in total. The van der Waals surface area contributed by atoms with Gasteiger partial charge in [0.15, 0.2) is 17.5 Å². The fourth-order valence-electron chi connectivity index (χ4n) is 5.49. The molecule has 0 saturated carbocycles. The summed E-state index contributed by atoms with van der Waals surface area (Å²) in [6, 6.07) is 31.0. The number of aromatic hydroxyl groups is 1. The second-order valence-electron chi connectivity index (χ2n) is 10.1. The van der Waals surface area contributed by atoms with Crippen molar-refractivity contribution >= 4 is 34.6 Å². The number of phenols is 1. The summed E-state index contributed by atoms with van der Waals surface area (Å²) in [4.78, 5) is 12.4. The molecule has 41 heavy (non-hydrogen) atoms. The van der Waals surface area contributed by atoms with Crippen LogP contribution in [0.25, 0.3) is 5.69 Å². The van der Waals surface area contributed by atoms with Crippen LogP contribution in [0, 0.1) is 13.8 Å². The van der Waals surface area contributed by atoms with Gasteiger partial charge < -0.3 is 20.1 Å². The molecule has 0 spiro atoms. The number of phenolic OH excluding ortho intramolecular Hbond substituents is 1. The summed E-state index contributed by atoms with van der Waals surface area (Å²) in [5.74, 6) is 2.90. The van der Waals surface area contributed by atoms with E-state index >= 15 is 0 Å². The van der Waals surface area contributed by atoms with Crippen LogP contribution in [0.3, 0.4) is 0 Å². The summed E-state index contributed by atoms with van der Waals surface area (Å²) in [6.45, 7) is 4.06. The predicted molar refractivity (Wildman–Crippen MR) is 163 cm³/mol.